The summed E-state index contributed by atoms with van der Waals surface area (Å²) in [6, 6.07) is 30.8. The number of H-pyrrole nitrogens is 2. The highest BCUT2D eigenvalue weighted by atomic mass is 16.2. The summed E-state index contributed by atoms with van der Waals surface area (Å²) >= 11 is 0. The van der Waals surface area contributed by atoms with Crippen LogP contribution in [-0.4, -0.2) is 104 Å². The number of likely N-dealkylation sites (tertiary alicyclic amines) is 2. The molecular weight excluding hydrogens is 929 g/mol. The summed E-state index contributed by atoms with van der Waals surface area (Å²) in [6.07, 6.45) is 23.4. The van der Waals surface area contributed by atoms with E-state index in [2.05, 4.69) is 91.0 Å². The zero-order valence-electron chi connectivity index (χ0n) is 43.3. The molecule has 0 aliphatic carbocycles. The normalized spacial score (nSPS) is 16.3. The molecule has 4 aromatic carbocycles. The molecule has 0 bridgehead atoms. The van der Waals surface area contributed by atoms with Gasteiger partial charge in [0.1, 0.15) is 23.3 Å². The first-order valence-electron chi connectivity index (χ1n) is 26.7. The number of carbonyl (C=O) groups excluding carboxylic acids is 2. The number of fused-ring (bicyclic) bond motifs is 2. The van der Waals surface area contributed by atoms with Crippen LogP contribution in [0, 0.1) is 45.5 Å². The van der Waals surface area contributed by atoms with Crippen LogP contribution >= 0.6 is 0 Å². The number of terminal acetylenes is 2. The fourth-order valence-corrected chi connectivity index (χ4v) is 11.5. The smallest absolute Gasteiger partial charge is 0.254 e. The minimum Gasteiger partial charge on any atom is -0.357 e. The summed E-state index contributed by atoms with van der Waals surface area (Å²) in [5.41, 5.74) is 14.5. The molecule has 0 atom stereocenters. The highest BCUT2D eigenvalue weighted by Gasteiger charge is 2.28. The van der Waals surface area contributed by atoms with E-state index in [1.54, 1.807) is 0 Å². The zero-order valence-corrected chi connectivity index (χ0v) is 43.3. The van der Waals surface area contributed by atoms with E-state index in [1.165, 1.54) is 36.8 Å². The van der Waals surface area contributed by atoms with Gasteiger partial charge in [0, 0.05) is 97.9 Å². The van der Waals surface area contributed by atoms with Gasteiger partial charge < -0.3 is 29.6 Å². The van der Waals surface area contributed by atoms with Gasteiger partial charge in [-0.2, -0.15) is 0 Å². The van der Waals surface area contributed by atoms with Gasteiger partial charge in [0.2, 0.25) is 0 Å². The standard InChI is InChI=1S/C32H33N5O.C31H31N5O/c1-4-23-7-9-24(10-8-23)25-11-15-37(16-12-25)32(38)27-18-26(21(2)17-22(27)3)31-34-28-19-30(33-20-29(28)35-31)36-13-5-6-14-36;1-3-22-7-10-23(11-8-22)24-12-16-36(17-13-24)31(37)26-18-25(9-6-21(26)2)30-33-27-19-29(32-20-28(27)34-30)35-14-4-5-15-35/h1,7-10,17-20,25H,5-6,11-16H2,2-3H3,(H,34,35);1,6-11,18-20,24H,4-5,12-17H2,2H3,(H,33,34). The maximum Gasteiger partial charge on any atom is 0.254 e. The highest BCUT2D eigenvalue weighted by molar-refractivity contribution is 5.98. The molecule has 0 radical (unpaired) electrons. The van der Waals surface area contributed by atoms with Gasteiger partial charge in [-0.1, -0.05) is 54.3 Å². The van der Waals surface area contributed by atoms with Crippen LogP contribution in [0.1, 0.15) is 123 Å². The molecule has 0 unspecified atom stereocenters. The van der Waals surface area contributed by atoms with Gasteiger partial charge in [0.25, 0.3) is 11.8 Å². The van der Waals surface area contributed by atoms with Crippen molar-refractivity contribution >= 4 is 45.5 Å². The molecule has 4 aromatic heterocycles. The maximum absolute atomic E-state index is 13.7. The fraction of sp³-hybridized carbons (Fsp3) is 0.333. The Bertz CT molecular complexity index is 3480. The van der Waals surface area contributed by atoms with Crippen molar-refractivity contribution in [2.45, 2.75) is 84.0 Å². The van der Waals surface area contributed by atoms with Crippen molar-refractivity contribution in [3.05, 3.63) is 153 Å². The molecule has 4 aliphatic heterocycles. The fourth-order valence-electron chi connectivity index (χ4n) is 11.5. The summed E-state index contributed by atoms with van der Waals surface area (Å²) in [6.45, 7) is 13.3. The molecule has 0 saturated carbocycles. The van der Waals surface area contributed by atoms with Crippen molar-refractivity contribution in [1.29, 1.82) is 0 Å². The Morgan fingerprint density at radius 2 is 0.973 bits per heavy atom. The van der Waals surface area contributed by atoms with Crippen LogP contribution in [-0.2, 0) is 0 Å². The van der Waals surface area contributed by atoms with Gasteiger partial charge in [-0.15, -0.1) is 12.8 Å². The first-order chi connectivity index (χ1) is 36.6. The number of aromatic nitrogens is 6. The molecule has 0 spiro atoms. The first-order valence-corrected chi connectivity index (χ1v) is 26.7. The van der Waals surface area contributed by atoms with Crippen molar-refractivity contribution in [3.8, 4) is 47.5 Å². The van der Waals surface area contributed by atoms with Crippen LogP contribution in [0.5, 0.6) is 0 Å². The van der Waals surface area contributed by atoms with Crippen LogP contribution in [0.25, 0.3) is 44.8 Å². The summed E-state index contributed by atoms with van der Waals surface area (Å²) < 4.78 is 0. The number of piperidine rings is 2. The number of anilines is 2. The average Bonchev–Trinajstić information content (AvgIpc) is 4.32. The van der Waals surface area contributed by atoms with E-state index in [0.29, 0.717) is 11.8 Å². The monoisotopic (exact) mass is 993 g/mol. The van der Waals surface area contributed by atoms with Crippen LogP contribution in [0.2, 0.25) is 0 Å². The Kier molecular flexibility index (Phi) is 13.9. The maximum atomic E-state index is 13.7. The van der Waals surface area contributed by atoms with E-state index in [-0.39, 0.29) is 11.8 Å². The molecule has 378 valence electrons. The second kappa shape index (κ2) is 21.3. The number of benzene rings is 4. The van der Waals surface area contributed by atoms with Gasteiger partial charge in [-0.25, -0.2) is 19.9 Å². The van der Waals surface area contributed by atoms with Crippen molar-refractivity contribution in [2.24, 2.45) is 0 Å². The Labute approximate surface area is 440 Å². The number of aryl methyl sites for hydroxylation is 3. The second-order valence-electron chi connectivity index (χ2n) is 20.9. The second-order valence-corrected chi connectivity index (χ2v) is 20.9. The van der Waals surface area contributed by atoms with Crippen LogP contribution < -0.4 is 9.80 Å². The Morgan fingerprint density at radius 3 is 1.45 bits per heavy atom. The highest BCUT2D eigenvalue weighted by Crippen LogP contribution is 2.34. The van der Waals surface area contributed by atoms with Gasteiger partial charge in [-0.3, -0.25) is 9.59 Å². The molecule has 4 aliphatic rings. The Balaban J connectivity index is 0.000000161. The summed E-state index contributed by atoms with van der Waals surface area (Å²) in [7, 11) is 0. The lowest BCUT2D eigenvalue weighted by molar-refractivity contribution is 0.0704. The van der Waals surface area contributed by atoms with E-state index in [1.807, 2.05) is 84.6 Å². The number of hydrogen-bond donors (Lipinski definition) is 2. The molecule has 4 fully saturated rings. The number of nitrogens with zero attached hydrogens (tertiary/aromatic N) is 8. The van der Waals surface area contributed by atoms with Crippen LogP contribution in [0.4, 0.5) is 11.6 Å². The topological polar surface area (TPSA) is 130 Å². The van der Waals surface area contributed by atoms with E-state index < -0.39 is 0 Å². The summed E-state index contributed by atoms with van der Waals surface area (Å²) in [5, 5.41) is 0. The number of pyridine rings is 2. The molecule has 12 rings (SSSR count). The number of rotatable bonds is 8. The molecular formula is C63H64N10O2. The average molecular weight is 993 g/mol. The molecule has 4 saturated heterocycles. The Hall–Kier alpha value is -8.22. The Morgan fingerprint density at radius 1 is 0.520 bits per heavy atom. The first kappa shape index (κ1) is 49.0. The van der Waals surface area contributed by atoms with Gasteiger partial charge in [0.15, 0.2) is 0 Å². The predicted octanol–water partition coefficient (Wildman–Crippen LogP) is 11.4. The number of imidazole rings is 2. The largest absolute Gasteiger partial charge is 0.357 e. The minimum absolute atomic E-state index is 0.0922. The third-order valence-corrected chi connectivity index (χ3v) is 16.0. The quantitative estimate of drug-likeness (QED) is 0.144. The molecule has 8 heterocycles. The number of aromatic amines is 2. The molecule has 2 amide bonds. The van der Waals surface area contributed by atoms with Crippen molar-refractivity contribution in [3.63, 3.8) is 0 Å². The SMILES string of the molecule is C#Cc1ccc(C2CCN(C(=O)c3cc(-c4nc5cc(N6CCCC6)ncc5[nH]4)c(C)cc3C)CC2)cc1.C#Cc1ccc(C2CCN(C(=O)c3cc(-c4nc5cc(N6CCCC6)ncc5[nH]4)ccc3C)CC2)cc1. The lowest BCUT2D eigenvalue weighted by Crippen LogP contribution is -2.38. The van der Waals surface area contributed by atoms with E-state index >= 15 is 0 Å². The lowest BCUT2D eigenvalue weighted by Gasteiger charge is -2.33. The molecule has 12 heteroatoms. The summed E-state index contributed by atoms with van der Waals surface area (Å²) in [5.74, 6) is 9.97. The van der Waals surface area contributed by atoms with Crippen molar-refractivity contribution < 1.29 is 9.59 Å². The summed E-state index contributed by atoms with van der Waals surface area (Å²) in [4.78, 5) is 61.7. The van der Waals surface area contributed by atoms with Gasteiger partial charge in [0.05, 0.1) is 34.5 Å². The minimum atomic E-state index is 0.0922. The number of nitrogens with one attached hydrogen (secondary N) is 2. The van der Waals surface area contributed by atoms with E-state index in [4.69, 9.17) is 22.8 Å². The van der Waals surface area contributed by atoms with Crippen LogP contribution in [0.3, 0.4) is 0 Å². The van der Waals surface area contributed by atoms with Crippen molar-refractivity contribution in [1.82, 2.24) is 39.7 Å². The third kappa shape index (κ3) is 10.4. The lowest BCUT2D eigenvalue weighted by atomic mass is 9.88. The molecule has 8 aromatic rings. The van der Waals surface area contributed by atoms with Gasteiger partial charge in [-0.05, 0) is 148 Å². The molecule has 2 N–H and O–H groups in total. The third-order valence-electron chi connectivity index (χ3n) is 16.0. The van der Waals surface area contributed by atoms with Crippen molar-refractivity contribution in [2.75, 3.05) is 62.2 Å². The van der Waals surface area contributed by atoms with Crippen LogP contribution in [0.15, 0.2) is 103 Å². The van der Waals surface area contributed by atoms with E-state index in [0.717, 1.165) is 173 Å². The molecule has 75 heavy (non-hydrogen) atoms. The molecule has 12 nitrogen and oxygen atoms in total. The number of hydrogen-bond acceptors (Lipinski definition) is 8. The zero-order chi connectivity index (χ0) is 51.6. The van der Waals surface area contributed by atoms with E-state index in [9.17, 15) is 9.59 Å². The predicted molar refractivity (Wildman–Crippen MR) is 300 cm³/mol. The number of amides is 2. The number of carbonyl (C=O) groups is 2. The van der Waals surface area contributed by atoms with Gasteiger partial charge >= 0.3 is 0 Å².